The monoisotopic (exact) mass is 413 g/mol. The Hall–Kier alpha value is -1.56. The van der Waals surface area contributed by atoms with Gasteiger partial charge in [-0.25, -0.2) is 0 Å². The Morgan fingerprint density at radius 3 is 2.54 bits per heavy atom. The first-order valence-corrected chi connectivity index (χ1v) is 10.5. The molecular weight excluding hydrogens is 390 g/mol. The van der Waals surface area contributed by atoms with Gasteiger partial charge in [-0.05, 0) is 32.9 Å². The van der Waals surface area contributed by atoms with Crippen molar-refractivity contribution in [1.82, 2.24) is 5.32 Å². The molecule has 3 aliphatic rings. The Kier molecular flexibility index (Phi) is 4.97. The Balaban J connectivity index is 1.45. The van der Waals surface area contributed by atoms with E-state index in [1.165, 1.54) is 12.1 Å². The van der Waals surface area contributed by atoms with E-state index < -0.39 is 46.7 Å². The van der Waals surface area contributed by atoms with E-state index in [1.807, 2.05) is 6.92 Å². The van der Waals surface area contributed by atoms with Crippen LogP contribution in [0.3, 0.4) is 0 Å². The summed E-state index contributed by atoms with van der Waals surface area (Å²) in [7, 11) is -3.95. The number of aryl methyl sites for hydroxylation is 1. The second kappa shape index (κ2) is 7.05. The molecule has 3 saturated heterocycles. The summed E-state index contributed by atoms with van der Waals surface area (Å²) < 4.78 is 53.4. The molecule has 3 heterocycles. The van der Waals surface area contributed by atoms with Gasteiger partial charge in [-0.3, -0.25) is 8.98 Å². The van der Waals surface area contributed by atoms with Gasteiger partial charge in [0.1, 0.15) is 24.5 Å². The van der Waals surface area contributed by atoms with Gasteiger partial charge in [-0.1, -0.05) is 17.7 Å². The van der Waals surface area contributed by atoms with Gasteiger partial charge in [0.15, 0.2) is 12.1 Å². The van der Waals surface area contributed by atoms with Gasteiger partial charge in [0.05, 0.1) is 17.9 Å². The fourth-order valence-corrected chi connectivity index (χ4v) is 4.29. The van der Waals surface area contributed by atoms with Gasteiger partial charge >= 0.3 is 0 Å². The fourth-order valence-electron chi connectivity index (χ4n) is 3.37. The van der Waals surface area contributed by atoms with Crippen molar-refractivity contribution in [2.24, 2.45) is 0 Å². The topological polar surface area (TPSA) is 109 Å². The van der Waals surface area contributed by atoms with Crippen molar-refractivity contribution in [2.45, 2.75) is 68.7 Å². The Bertz CT molecular complexity index is 845. The molecule has 1 aromatic carbocycles. The van der Waals surface area contributed by atoms with Crippen LogP contribution in [0.25, 0.3) is 0 Å². The maximum Gasteiger partial charge on any atom is 0.297 e. The summed E-state index contributed by atoms with van der Waals surface area (Å²) in [4.78, 5) is 11.2. The van der Waals surface area contributed by atoms with E-state index in [4.69, 9.17) is 23.1 Å². The van der Waals surface area contributed by atoms with E-state index in [2.05, 4.69) is 5.32 Å². The third kappa shape index (κ3) is 3.93. The smallest absolute Gasteiger partial charge is 0.297 e. The Morgan fingerprint density at radius 1 is 1.21 bits per heavy atom. The lowest BCUT2D eigenvalue weighted by Gasteiger charge is -2.33. The first kappa shape index (κ1) is 19.7. The normalized spacial score (nSPS) is 34.0. The number of β-lactam (4-membered cyclic amide) rings is 1. The Morgan fingerprint density at radius 2 is 1.89 bits per heavy atom. The molecule has 0 bridgehead atoms. The number of fused-ring (bicyclic) bond motifs is 1. The van der Waals surface area contributed by atoms with Crippen molar-refractivity contribution in [3.63, 3.8) is 0 Å². The molecule has 0 aromatic heterocycles. The van der Waals surface area contributed by atoms with Crippen LogP contribution < -0.4 is 5.32 Å². The number of benzene rings is 1. The van der Waals surface area contributed by atoms with Crippen LogP contribution in [0.4, 0.5) is 0 Å². The summed E-state index contributed by atoms with van der Waals surface area (Å²) in [6.07, 6.45) is -2.87. The summed E-state index contributed by atoms with van der Waals surface area (Å²) in [6.45, 7) is 5.11. The molecule has 0 aliphatic carbocycles. The van der Waals surface area contributed by atoms with Crippen molar-refractivity contribution >= 4 is 16.0 Å². The average molecular weight is 413 g/mol. The summed E-state index contributed by atoms with van der Waals surface area (Å²) in [5.41, 5.74) is 0.943. The molecule has 5 atom stereocenters. The predicted molar refractivity (Wildman–Crippen MR) is 94.4 cm³/mol. The zero-order chi connectivity index (χ0) is 20.1. The molecule has 9 nitrogen and oxygen atoms in total. The van der Waals surface area contributed by atoms with E-state index >= 15 is 0 Å². The van der Waals surface area contributed by atoms with Crippen LogP contribution in [0.2, 0.25) is 0 Å². The minimum Gasteiger partial charge on any atom is -0.349 e. The highest BCUT2D eigenvalue weighted by Crippen LogP contribution is 2.39. The number of hydrogen-bond acceptors (Lipinski definition) is 8. The summed E-state index contributed by atoms with van der Waals surface area (Å²) in [6, 6.07) is 6.37. The van der Waals surface area contributed by atoms with Gasteiger partial charge in [-0.15, -0.1) is 0 Å². The summed E-state index contributed by atoms with van der Waals surface area (Å²) in [5, 5.41) is 2.62. The number of carbonyl (C=O) groups is 1. The maximum atomic E-state index is 12.5. The summed E-state index contributed by atoms with van der Waals surface area (Å²) >= 11 is 0. The van der Waals surface area contributed by atoms with Gasteiger partial charge in [-0.2, -0.15) is 8.42 Å². The lowest BCUT2D eigenvalue weighted by molar-refractivity contribution is -0.227. The first-order chi connectivity index (χ1) is 13.1. The molecule has 28 heavy (non-hydrogen) atoms. The number of rotatable bonds is 6. The molecule has 1 unspecified atom stereocenters. The molecule has 154 valence electrons. The van der Waals surface area contributed by atoms with E-state index in [-0.39, 0.29) is 23.8 Å². The van der Waals surface area contributed by atoms with Gasteiger partial charge in [0.25, 0.3) is 10.1 Å². The molecule has 0 radical (unpaired) electrons. The second-order valence-electron chi connectivity index (χ2n) is 7.56. The minimum absolute atomic E-state index is 0.0636. The van der Waals surface area contributed by atoms with E-state index in [1.54, 1.807) is 26.0 Å². The second-order valence-corrected chi connectivity index (χ2v) is 9.17. The predicted octanol–water partition coefficient (Wildman–Crippen LogP) is 0.808. The number of hydrogen-bond donors (Lipinski definition) is 1. The highest BCUT2D eigenvalue weighted by molar-refractivity contribution is 7.86. The fraction of sp³-hybridized carbons (Fsp3) is 0.611. The third-order valence-corrected chi connectivity index (χ3v) is 6.09. The van der Waals surface area contributed by atoms with Gasteiger partial charge in [0.2, 0.25) is 5.91 Å². The van der Waals surface area contributed by atoms with Crippen molar-refractivity contribution in [3.05, 3.63) is 29.8 Å². The molecule has 0 saturated carbocycles. The highest BCUT2D eigenvalue weighted by Gasteiger charge is 2.56. The van der Waals surface area contributed by atoms with Crippen LogP contribution >= 0.6 is 0 Å². The SMILES string of the molecule is Cc1ccc(S(=O)(=O)OC[C@H]2O[C@@H]3OC(C)(C)O[C@@H]3[C@H]2OC2CC(=O)N2)cc1. The number of nitrogens with one attached hydrogen (secondary N) is 1. The van der Waals surface area contributed by atoms with Crippen LogP contribution in [0.1, 0.15) is 25.8 Å². The van der Waals surface area contributed by atoms with Gasteiger partial charge < -0.3 is 24.3 Å². The lowest BCUT2D eigenvalue weighted by Crippen LogP contribution is -2.54. The molecule has 0 spiro atoms. The van der Waals surface area contributed by atoms with Crippen molar-refractivity contribution < 1.29 is 36.3 Å². The zero-order valence-corrected chi connectivity index (χ0v) is 16.6. The standard InChI is InChI=1S/C18H23NO8S/c1-10-4-6-11(7-5-10)28(21,22)23-9-12-15(25-14-8-13(20)19-14)16-17(24-12)27-18(2,3)26-16/h4-7,12,14-17H,8-9H2,1-3H3,(H,19,20)/t12-,14?,15+,16-,17-/m1/s1. The van der Waals surface area contributed by atoms with Crippen molar-refractivity contribution in [2.75, 3.05) is 6.61 Å². The first-order valence-electron chi connectivity index (χ1n) is 9.05. The number of carbonyl (C=O) groups excluding carboxylic acids is 1. The zero-order valence-electron chi connectivity index (χ0n) is 15.8. The van der Waals surface area contributed by atoms with E-state index in [0.29, 0.717) is 0 Å². The lowest BCUT2D eigenvalue weighted by atomic mass is 10.1. The summed E-state index contributed by atoms with van der Waals surface area (Å²) in [5.74, 6) is -0.960. The molecule has 1 aromatic rings. The van der Waals surface area contributed by atoms with E-state index in [0.717, 1.165) is 5.56 Å². The third-order valence-electron chi connectivity index (χ3n) is 4.80. The van der Waals surface area contributed by atoms with Crippen LogP contribution in [-0.2, 0) is 38.0 Å². The van der Waals surface area contributed by atoms with E-state index in [9.17, 15) is 13.2 Å². The molecule has 1 N–H and O–H groups in total. The minimum atomic E-state index is -3.95. The highest BCUT2D eigenvalue weighted by atomic mass is 32.2. The molecule has 3 aliphatic heterocycles. The average Bonchev–Trinajstić information content (AvgIpc) is 3.04. The Labute approximate surface area is 163 Å². The van der Waals surface area contributed by atoms with Gasteiger partial charge in [0, 0.05) is 0 Å². The molecule has 1 amide bonds. The number of amides is 1. The van der Waals surface area contributed by atoms with Crippen LogP contribution in [0.5, 0.6) is 0 Å². The number of ether oxygens (including phenoxy) is 4. The van der Waals surface area contributed by atoms with Crippen LogP contribution in [-0.4, -0.2) is 57.5 Å². The molecular formula is C18H23NO8S. The quantitative estimate of drug-likeness (QED) is 0.539. The maximum absolute atomic E-state index is 12.5. The van der Waals surface area contributed by atoms with Crippen molar-refractivity contribution in [1.29, 1.82) is 0 Å². The molecule has 3 fully saturated rings. The molecule has 4 rings (SSSR count). The molecule has 10 heteroatoms. The van der Waals surface area contributed by atoms with Crippen molar-refractivity contribution in [3.8, 4) is 0 Å². The largest absolute Gasteiger partial charge is 0.349 e. The van der Waals surface area contributed by atoms with Crippen LogP contribution in [0, 0.1) is 6.92 Å². The van der Waals surface area contributed by atoms with Crippen LogP contribution in [0.15, 0.2) is 29.2 Å².